The number of aromatic nitrogens is 2. The third kappa shape index (κ3) is 4.01. The maximum absolute atomic E-state index is 5.93. The van der Waals surface area contributed by atoms with Crippen LogP contribution < -0.4 is 5.32 Å². The number of hydrogen-bond acceptors (Lipinski definition) is 4. The van der Waals surface area contributed by atoms with Gasteiger partial charge in [-0.2, -0.15) is 0 Å². The van der Waals surface area contributed by atoms with E-state index >= 15 is 0 Å². The molecule has 4 heteroatoms. The Bertz CT molecular complexity index is 475. The molecule has 1 saturated carbocycles. The van der Waals surface area contributed by atoms with E-state index in [1.807, 2.05) is 6.92 Å². The van der Waals surface area contributed by atoms with Crippen molar-refractivity contribution in [1.82, 2.24) is 15.3 Å². The van der Waals surface area contributed by atoms with Gasteiger partial charge in [-0.1, -0.05) is 27.2 Å². The molecular formula is C17H29N3O. The molecule has 0 aliphatic heterocycles. The zero-order valence-electron chi connectivity index (χ0n) is 14.1. The van der Waals surface area contributed by atoms with E-state index in [0.717, 1.165) is 36.6 Å². The van der Waals surface area contributed by atoms with Crippen molar-refractivity contribution in [2.75, 3.05) is 7.11 Å². The molecule has 2 rings (SSSR count). The molecule has 1 heterocycles. The molecule has 1 aliphatic carbocycles. The summed E-state index contributed by atoms with van der Waals surface area (Å²) >= 11 is 0. The van der Waals surface area contributed by atoms with Crippen molar-refractivity contribution in [2.24, 2.45) is 5.92 Å². The van der Waals surface area contributed by atoms with E-state index in [2.05, 4.69) is 32.2 Å². The van der Waals surface area contributed by atoms with E-state index in [4.69, 9.17) is 14.7 Å². The fourth-order valence-corrected chi connectivity index (χ4v) is 3.22. The topological polar surface area (TPSA) is 47.0 Å². The van der Waals surface area contributed by atoms with E-state index in [1.165, 1.54) is 12.8 Å². The Labute approximate surface area is 128 Å². The normalized spacial score (nSPS) is 26.3. The molecule has 0 amide bonds. The largest absolute Gasteiger partial charge is 0.370 e. The van der Waals surface area contributed by atoms with Crippen molar-refractivity contribution in [3.63, 3.8) is 0 Å². The second-order valence-electron chi connectivity index (χ2n) is 6.76. The molecule has 4 nitrogen and oxygen atoms in total. The second-order valence-corrected chi connectivity index (χ2v) is 6.76. The predicted octanol–water partition coefficient (Wildman–Crippen LogP) is 3.33. The molecule has 0 spiro atoms. The molecule has 0 aromatic carbocycles. The molecule has 2 atom stereocenters. The Balaban J connectivity index is 2.28. The lowest BCUT2D eigenvalue weighted by molar-refractivity contribution is -0.0648. The van der Waals surface area contributed by atoms with Gasteiger partial charge in [0.2, 0.25) is 0 Å². The van der Waals surface area contributed by atoms with Crippen molar-refractivity contribution < 1.29 is 4.74 Å². The molecule has 1 aliphatic rings. The molecule has 0 saturated heterocycles. The van der Waals surface area contributed by atoms with E-state index in [0.29, 0.717) is 12.0 Å². The van der Waals surface area contributed by atoms with Gasteiger partial charge in [-0.05, 0) is 38.2 Å². The highest BCUT2D eigenvalue weighted by Crippen LogP contribution is 2.41. The fourth-order valence-electron chi connectivity index (χ4n) is 3.22. The van der Waals surface area contributed by atoms with Crippen molar-refractivity contribution in [2.45, 2.75) is 71.6 Å². The summed E-state index contributed by atoms with van der Waals surface area (Å²) in [5, 5.41) is 3.43. The van der Waals surface area contributed by atoms with Gasteiger partial charge in [0.15, 0.2) is 5.82 Å². The number of hydrogen-bond donors (Lipinski definition) is 1. The Morgan fingerprint density at radius 3 is 2.81 bits per heavy atom. The van der Waals surface area contributed by atoms with Crippen LogP contribution in [0.1, 0.15) is 63.7 Å². The first kappa shape index (κ1) is 16.4. The Morgan fingerprint density at radius 2 is 2.19 bits per heavy atom. The third-order valence-electron chi connectivity index (χ3n) is 4.35. The number of methoxy groups -OCH3 is 1. The first-order valence-corrected chi connectivity index (χ1v) is 8.09. The number of nitrogens with one attached hydrogen (secondary N) is 1. The summed E-state index contributed by atoms with van der Waals surface area (Å²) in [5.41, 5.74) is 1.78. The van der Waals surface area contributed by atoms with Crippen LogP contribution in [0.15, 0.2) is 6.07 Å². The second kappa shape index (κ2) is 6.84. The van der Waals surface area contributed by atoms with E-state index in [-0.39, 0.29) is 5.60 Å². The van der Waals surface area contributed by atoms with Crippen LogP contribution in [0.25, 0.3) is 0 Å². The van der Waals surface area contributed by atoms with Crippen LogP contribution in [0.5, 0.6) is 0 Å². The average Bonchev–Trinajstić information content (AvgIpc) is 2.44. The van der Waals surface area contributed by atoms with Gasteiger partial charge in [0.25, 0.3) is 0 Å². The first-order chi connectivity index (χ1) is 9.95. The van der Waals surface area contributed by atoms with Gasteiger partial charge in [-0.3, -0.25) is 0 Å². The minimum Gasteiger partial charge on any atom is -0.370 e. The number of nitrogens with zero attached hydrogens (tertiary/aromatic N) is 2. The maximum Gasteiger partial charge on any atom is 0.160 e. The van der Waals surface area contributed by atoms with Crippen LogP contribution in [0.3, 0.4) is 0 Å². The van der Waals surface area contributed by atoms with Gasteiger partial charge in [-0.25, -0.2) is 9.97 Å². The van der Waals surface area contributed by atoms with E-state index < -0.39 is 0 Å². The Kier molecular flexibility index (Phi) is 5.33. The molecular weight excluding hydrogens is 262 g/mol. The average molecular weight is 291 g/mol. The summed E-state index contributed by atoms with van der Waals surface area (Å²) in [5.74, 6) is 1.54. The summed E-state index contributed by atoms with van der Waals surface area (Å²) in [7, 11) is 1.80. The molecule has 1 fully saturated rings. The van der Waals surface area contributed by atoms with Crippen LogP contribution >= 0.6 is 0 Å². The van der Waals surface area contributed by atoms with Crippen molar-refractivity contribution in [1.29, 1.82) is 0 Å². The van der Waals surface area contributed by atoms with Gasteiger partial charge >= 0.3 is 0 Å². The molecule has 118 valence electrons. The van der Waals surface area contributed by atoms with Crippen molar-refractivity contribution in [3.05, 3.63) is 23.3 Å². The minimum atomic E-state index is -0.295. The predicted molar refractivity (Wildman–Crippen MR) is 85.1 cm³/mol. The molecule has 0 radical (unpaired) electrons. The van der Waals surface area contributed by atoms with Crippen LogP contribution in [0, 0.1) is 12.8 Å². The number of aryl methyl sites for hydroxylation is 1. The SMILES string of the molecule is COC1(c2nc(C)cc(CNC(C)C)n2)CCCC(C)C1. The quantitative estimate of drug-likeness (QED) is 0.904. The third-order valence-corrected chi connectivity index (χ3v) is 4.35. The zero-order chi connectivity index (χ0) is 15.5. The van der Waals surface area contributed by atoms with Crippen molar-refractivity contribution >= 4 is 0 Å². The van der Waals surface area contributed by atoms with E-state index in [1.54, 1.807) is 7.11 Å². The van der Waals surface area contributed by atoms with Gasteiger partial charge in [0, 0.05) is 25.4 Å². The van der Waals surface area contributed by atoms with Gasteiger partial charge in [0.05, 0.1) is 5.69 Å². The Hall–Kier alpha value is -1.00. The molecule has 1 N–H and O–H groups in total. The summed E-state index contributed by atoms with van der Waals surface area (Å²) in [6, 6.07) is 2.52. The Morgan fingerprint density at radius 1 is 1.43 bits per heavy atom. The minimum absolute atomic E-state index is 0.295. The smallest absolute Gasteiger partial charge is 0.160 e. The highest BCUT2D eigenvalue weighted by atomic mass is 16.5. The van der Waals surface area contributed by atoms with Crippen LogP contribution in [0.4, 0.5) is 0 Å². The summed E-state index contributed by atoms with van der Waals surface area (Å²) < 4.78 is 5.93. The lowest BCUT2D eigenvalue weighted by atomic mass is 9.78. The maximum atomic E-state index is 5.93. The summed E-state index contributed by atoms with van der Waals surface area (Å²) in [4.78, 5) is 9.51. The lowest BCUT2D eigenvalue weighted by Crippen LogP contribution is -2.36. The molecule has 2 unspecified atom stereocenters. The standard InChI is InChI=1S/C17H29N3O/c1-12(2)18-11-15-9-14(4)19-16(20-15)17(21-5)8-6-7-13(3)10-17/h9,12-13,18H,6-8,10-11H2,1-5H3. The summed E-state index contributed by atoms with van der Waals surface area (Å²) in [6.07, 6.45) is 4.50. The van der Waals surface area contributed by atoms with Crippen molar-refractivity contribution in [3.8, 4) is 0 Å². The van der Waals surface area contributed by atoms with Crippen LogP contribution in [0.2, 0.25) is 0 Å². The first-order valence-electron chi connectivity index (χ1n) is 8.09. The van der Waals surface area contributed by atoms with Gasteiger partial charge < -0.3 is 10.1 Å². The van der Waals surface area contributed by atoms with Gasteiger partial charge in [-0.15, -0.1) is 0 Å². The number of rotatable bonds is 5. The number of ether oxygens (including phenoxy) is 1. The molecule has 1 aromatic heterocycles. The summed E-state index contributed by atoms with van der Waals surface area (Å²) in [6.45, 7) is 9.41. The highest BCUT2D eigenvalue weighted by molar-refractivity contribution is 5.15. The molecule has 1 aromatic rings. The van der Waals surface area contributed by atoms with Crippen LogP contribution in [-0.2, 0) is 16.9 Å². The lowest BCUT2D eigenvalue weighted by Gasteiger charge is -2.37. The monoisotopic (exact) mass is 291 g/mol. The highest BCUT2D eigenvalue weighted by Gasteiger charge is 2.39. The fraction of sp³-hybridized carbons (Fsp3) is 0.765. The zero-order valence-corrected chi connectivity index (χ0v) is 14.1. The molecule has 21 heavy (non-hydrogen) atoms. The van der Waals surface area contributed by atoms with E-state index in [9.17, 15) is 0 Å². The van der Waals surface area contributed by atoms with Gasteiger partial charge in [0.1, 0.15) is 5.60 Å². The molecule has 0 bridgehead atoms. The van der Waals surface area contributed by atoms with Crippen LogP contribution in [-0.4, -0.2) is 23.1 Å².